The molecule has 0 radical (unpaired) electrons. The maximum atomic E-state index is 12.5. The number of aromatic nitrogens is 2. The molecule has 0 bridgehead atoms. The Morgan fingerprint density at radius 3 is 2.54 bits per heavy atom. The summed E-state index contributed by atoms with van der Waals surface area (Å²) in [6, 6.07) is 8.09. The highest BCUT2D eigenvalue weighted by Crippen LogP contribution is 2.20. The Kier molecular flexibility index (Phi) is 4.51. The van der Waals surface area contributed by atoms with Gasteiger partial charge < -0.3 is 14.3 Å². The van der Waals surface area contributed by atoms with Crippen LogP contribution in [0.2, 0.25) is 0 Å². The summed E-state index contributed by atoms with van der Waals surface area (Å²) in [5, 5.41) is 3.01. The summed E-state index contributed by atoms with van der Waals surface area (Å²) in [5.41, 5.74) is 3.79. The summed E-state index contributed by atoms with van der Waals surface area (Å²) in [5.74, 6) is 1.35. The van der Waals surface area contributed by atoms with Crippen molar-refractivity contribution in [2.24, 2.45) is 0 Å². The van der Waals surface area contributed by atoms with Crippen LogP contribution in [-0.2, 0) is 13.1 Å². The zero-order valence-corrected chi connectivity index (χ0v) is 14.2. The topological polar surface area (TPSA) is 60.1 Å². The fourth-order valence-corrected chi connectivity index (χ4v) is 2.85. The third kappa shape index (κ3) is 3.25. The zero-order chi connectivity index (χ0) is 17.1. The molecule has 3 rings (SSSR count). The van der Waals surface area contributed by atoms with Crippen LogP contribution in [0, 0.1) is 20.8 Å². The Morgan fingerprint density at radius 2 is 1.92 bits per heavy atom. The number of aryl methyl sites for hydroxylation is 2. The molecule has 0 saturated carbocycles. The van der Waals surface area contributed by atoms with E-state index in [2.05, 4.69) is 16.4 Å². The maximum absolute atomic E-state index is 12.5. The van der Waals surface area contributed by atoms with Crippen LogP contribution in [0.4, 0.5) is 0 Å². The van der Waals surface area contributed by atoms with E-state index >= 15 is 0 Å². The monoisotopic (exact) mass is 323 g/mol. The lowest BCUT2D eigenvalue weighted by Gasteiger charge is -2.11. The molecule has 24 heavy (non-hydrogen) atoms. The van der Waals surface area contributed by atoms with Crippen LogP contribution in [0.25, 0.3) is 0 Å². The molecular weight excluding hydrogens is 302 g/mol. The first-order chi connectivity index (χ1) is 11.6. The number of carbonyl (C=O) groups excluding carboxylic acids is 1. The van der Waals surface area contributed by atoms with Crippen molar-refractivity contribution in [1.82, 2.24) is 14.9 Å². The molecule has 0 aliphatic heterocycles. The molecule has 2 aromatic heterocycles. The SMILES string of the molecule is Cc1oc(C)c(C(=O)NCc2ccccc2Cn2ccnc2)c1C. The molecular formula is C19H21N3O2. The summed E-state index contributed by atoms with van der Waals surface area (Å²) in [7, 11) is 0. The summed E-state index contributed by atoms with van der Waals surface area (Å²) in [6.45, 7) is 6.82. The summed E-state index contributed by atoms with van der Waals surface area (Å²) < 4.78 is 7.55. The van der Waals surface area contributed by atoms with E-state index in [9.17, 15) is 4.79 Å². The Hall–Kier alpha value is -2.82. The van der Waals surface area contributed by atoms with E-state index in [-0.39, 0.29) is 5.91 Å². The Labute approximate surface area is 141 Å². The molecule has 0 saturated heterocycles. The van der Waals surface area contributed by atoms with E-state index in [0.717, 1.165) is 29.0 Å². The molecule has 0 spiro atoms. The van der Waals surface area contributed by atoms with Gasteiger partial charge in [-0.3, -0.25) is 4.79 Å². The van der Waals surface area contributed by atoms with Crippen molar-refractivity contribution in [2.75, 3.05) is 0 Å². The third-order valence-corrected chi connectivity index (χ3v) is 4.26. The van der Waals surface area contributed by atoms with Crippen LogP contribution in [0.15, 0.2) is 47.4 Å². The fourth-order valence-electron chi connectivity index (χ4n) is 2.85. The lowest BCUT2D eigenvalue weighted by atomic mass is 10.1. The van der Waals surface area contributed by atoms with Crippen molar-refractivity contribution in [3.8, 4) is 0 Å². The number of furan rings is 1. The molecule has 0 aliphatic rings. The zero-order valence-electron chi connectivity index (χ0n) is 14.2. The second kappa shape index (κ2) is 6.74. The van der Waals surface area contributed by atoms with Gasteiger partial charge in [0.2, 0.25) is 0 Å². The van der Waals surface area contributed by atoms with Gasteiger partial charge >= 0.3 is 0 Å². The highest BCUT2D eigenvalue weighted by atomic mass is 16.3. The summed E-state index contributed by atoms with van der Waals surface area (Å²) in [4.78, 5) is 16.6. The Balaban J connectivity index is 1.74. The van der Waals surface area contributed by atoms with Gasteiger partial charge in [0.05, 0.1) is 11.9 Å². The Morgan fingerprint density at radius 1 is 1.17 bits per heavy atom. The predicted octanol–water partition coefficient (Wildman–Crippen LogP) is 3.38. The largest absolute Gasteiger partial charge is 0.466 e. The van der Waals surface area contributed by atoms with Crippen molar-refractivity contribution in [2.45, 2.75) is 33.9 Å². The van der Waals surface area contributed by atoms with Gasteiger partial charge in [-0.05, 0) is 31.9 Å². The number of rotatable bonds is 5. The molecule has 2 heterocycles. The van der Waals surface area contributed by atoms with Gasteiger partial charge in [0, 0.05) is 31.0 Å². The van der Waals surface area contributed by atoms with Gasteiger partial charge in [0.15, 0.2) is 0 Å². The number of nitrogens with zero attached hydrogens (tertiary/aromatic N) is 2. The van der Waals surface area contributed by atoms with Gasteiger partial charge in [0.1, 0.15) is 11.5 Å². The van der Waals surface area contributed by atoms with Gasteiger partial charge in [-0.15, -0.1) is 0 Å². The van der Waals surface area contributed by atoms with Crippen LogP contribution < -0.4 is 5.32 Å². The van der Waals surface area contributed by atoms with Gasteiger partial charge in [-0.2, -0.15) is 0 Å². The standard InChI is InChI=1S/C19H21N3O2/c1-13-14(2)24-15(3)18(13)19(23)21-10-16-6-4-5-7-17(16)11-22-9-8-20-12-22/h4-9,12H,10-11H2,1-3H3,(H,21,23). The molecule has 3 aromatic rings. The van der Waals surface area contributed by atoms with E-state index in [1.165, 1.54) is 0 Å². The molecule has 0 aliphatic carbocycles. The number of hydrogen-bond acceptors (Lipinski definition) is 3. The molecule has 0 unspecified atom stereocenters. The maximum Gasteiger partial charge on any atom is 0.255 e. The van der Waals surface area contributed by atoms with Crippen LogP contribution in [-0.4, -0.2) is 15.5 Å². The van der Waals surface area contributed by atoms with Gasteiger partial charge in [-0.1, -0.05) is 24.3 Å². The van der Waals surface area contributed by atoms with Crippen LogP contribution in [0.3, 0.4) is 0 Å². The number of benzene rings is 1. The second-order valence-corrected chi connectivity index (χ2v) is 5.90. The van der Waals surface area contributed by atoms with Crippen LogP contribution in [0.1, 0.15) is 38.6 Å². The minimum absolute atomic E-state index is 0.0979. The van der Waals surface area contributed by atoms with Gasteiger partial charge in [-0.25, -0.2) is 4.98 Å². The van der Waals surface area contributed by atoms with E-state index in [1.807, 2.05) is 49.7 Å². The number of nitrogens with one attached hydrogen (secondary N) is 1. The minimum Gasteiger partial charge on any atom is -0.466 e. The average Bonchev–Trinajstić information content (AvgIpc) is 3.15. The highest BCUT2D eigenvalue weighted by Gasteiger charge is 2.18. The molecule has 0 fully saturated rings. The number of hydrogen-bond donors (Lipinski definition) is 1. The van der Waals surface area contributed by atoms with Crippen molar-refractivity contribution < 1.29 is 9.21 Å². The first kappa shape index (κ1) is 16.1. The van der Waals surface area contributed by atoms with Gasteiger partial charge in [0.25, 0.3) is 5.91 Å². The van der Waals surface area contributed by atoms with Crippen molar-refractivity contribution in [3.63, 3.8) is 0 Å². The van der Waals surface area contributed by atoms with Crippen LogP contribution in [0.5, 0.6) is 0 Å². The Bertz CT molecular complexity index is 848. The molecule has 5 heteroatoms. The normalized spacial score (nSPS) is 10.8. The minimum atomic E-state index is -0.0979. The average molecular weight is 323 g/mol. The third-order valence-electron chi connectivity index (χ3n) is 4.26. The van der Waals surface area contributed by atoms with E-state index in [4.69, 9.17) is 4.42 Å². The molecule has 5 nitrogen and oxygen atoms in total. The van der Waals surface area contributed by atoms with Crippen molar-refractivity contribution in [3.05, 3.63) is 76.8 Å². The van der Waals surface area contributed by atoms with Crippen LogP contribution >= 0.6 is 0 Å². The molecule has 1 N–H and O–H groups in total. The fraction of sp³-hybridized carbons (Fsp3) is 0.263. The lowest BCUT2D eigenvalue weighted by molar-refractivity contribution is 0.0949. The molecule has 0 atom stereocenters. The second-order valence-electron chi connectivity index (χ2n) is 5.90. The van der Waals surface area contributed by atoms with E-state index in [1.54, 1.807) is 12.5 Å². The molecule has 1 aromatic carbocycles. The molecule has 1 amide bonds. The predicted molar refractivity (Wildman–Crippen MR) is 91.9 cm³/mol. The highest BCUT2D eigenvalue weighted by molar-refractivity contribution is 5.96. The van der Waals surface area contributed by atoms with Crippen molar-refractivity contribution in [1.29, 1.82) is 0 Å². The number of imidazole rings is 1. The van der Waals surface area contributed by atoms with E-state index in [0.29, 0.717) is 17.9 Å². The summed E-state index contributed by atoms with van der Waals surface area (Å²) in [6.07, 6.45) is 5.48. The lowest BCUT2D eigenvalue weighted by Crippen LogP contribution is -2.24. The quantitative estimate of drug-likeness (QED) is 0.783. The smallest absolute Gasteiger partial charge is 0.255 e. The van der Waals surface area contributed by atoms with E-state index < -0.39 is 0 Å². The van der Waals surface area contributed by atoms with Crippen molar-refractivity contribution >= 4 is 5.91 Å². The molecule has 124 valence electrons. The first-order valence-corrected chi connectivity index (χ1v) is 7.93. The summed E-state index contributed by atoms with van der Waals surface area (Å²) >= 11 is 0. The number of carbonyl (C=O) groups is 1. The first-order valence-electron chi connectivity index (χ1n) is 7.93. The number of amides is 1.